The molecule has 0 aliphatic carbocycles. The van der Waals surface area contributed by atoms with Gasteiger partial charge in [-0.2, -0.15) is 0 Å². The lowest BCUT2D eigenvalue weighted by molar-refractivity contribution is -0.384. The maximum Gasteiger partial charge on any atom is 0.271 e. The molecule has 0 radical (unpaired) electrons. The van der Waals surface area contributed by atoms with Crippen LogP contribution in [0.25, 0.3) is 0 Å². The van der Waals surface area contributed by atoms with Gasteiger partial charge in [0.25, 0.3) is 5.69 Å². The van der Waals surface area contributed by atoms with Crippen LogP contribution >= 0.6 is 15.9 Å². The Bertz CT molecular complexity index is 658. The van der Waals surface area contributed by atoms with Crippen LogP contribution in [0.2, 0.25) is 0 Å². The number of halogens is 1. The van der Waals surface area contributed by atoms with E-state index in [9.17, 15) is 15.2 Å². The van der Waals surface area contributed by atoms with Crippen LogP contribution in [0.4, 0.5) is 11.4 Å². The maximum absolute atomic E-state index is 10.6. The number of aromatic hydroxyl groups is 1. The second-order valence-corrected chi connectivity index (χ2v) is 4.39. The Morgan fingerprint density at radius 1 is 1.37 bits per heavy atom. The van der Waals surface area contributed by atoms with Crippen molar-refractivity contribution >= 4 is 33.5 Å². The van der Waals surface area contributed by atoms with E-state index < -0.39 is 4.92 Å². The van der Waals surface area contributed by atoms with Gasteiger partial charge in [0.05, 0.1) is 16.8 Å². The second-order valence-electron chi connectivity index (χ2n) is 3.57. The predicted molar refractivity (Wildman–Crippen MR) is 74.0 cm³/mol. The lowest BCUT2D eigenvalue weighted by Crippen LogP contribution is -1.88. The molecule has 2 aromatic rings. The lowest BCUT2D eigenvalue weighted by Gasteiger charge is -1.98. The highest BCUT2D eigenvalue weighted by Gasteiger charge is 2.09. The zero-order valence-electron chi connectivity index (χ0n) is 9.52. The molecule has 0 saturated heterocycles. The van der Waals surface area contributed by atoms with Gasteiger partial charge in [-0.05, 0) is 34.1 Å². The normalized spacial score (nSPS) is 10.8. The molecule has 1 N–H and O–H groups in total. The standard InChI is InChI=1S/C12H8BrN3O3/c13-12-3-1-2-8(15-12)7-14-10-6-9(16(18)19)4-5-11(10)17/h1-7,17H/b14-7+. The fraction of sp³-hybridized carbons (Fsp3) is 0. The minimum atomic E-state index is -0.546. The molecule has 1 heterocycles. The van der Waals surface area contributed by atoms with Crippen molar-refractivity contribution in [3.63, 3.8) is 0 Å². The summed E-state index contributed by atoms with van der Waals surface area (Å²) < 4.78 is 0.653. The van der Waals surface area contributed by atoms with Crippen LogP contribution in [0.15, 0.2) is 46.0 Å². The van der Waals surface area contributed by atoms with Gasteiger partial charge in [0.2, 0.25) is 0 Å². The summed E-state index contributed by atoms with van der Waals surface area (Å²) in [5, 5.41) is 20.2. The number of non-ortho nitro benzene ring substituents is 1. The van der Waals surface area contributed by atoms with Crippen molar-refractivity contribution in [3.05, 3.63) is 56.8 Å². The number of phenolic OH excluding ortho intramolecular Hbond substituents is 1. The predicted octanol–water partition coefficient (Wildman–Crippen LogP) is 3.21. The number of nitro benzene ring substituents is 1. The van der Waals surface area contributed by atoms with Crippen LogP contribution in [0, 0.1) is 10.1 Å². The lowest BCUT2D eigenvalue weighted by atomic mass is 10.2. The zero-order valence-corrected chi connectivity index (χ0v) is 11.1. The third kappa shape index (κ3) is 3.35. The van der Waals surface area contributed by atoms with E-state index in [4.69, 9.17) is 0 Å². The van der Waals surface area contributed by atoms with Gasteiger partial charge < -0.3 is 5.11 Å². The zero-order chi connectivity index (χ0) is 13.8. The second kappa shape index (κ2) is 5.57. The van der Waals surface area contributed by atoms with Crippen molar-refractivity contribution in [2.45, 2.75) is 0 Å². The molecule has 0 aliphatic heterocycles. The summed E-state index contributed by atoms with van der Waals surface area (Å²) in [6, 6.07) is 8.92. The van der Waals surface area contributed by atoms with E-state index in [-0.39, 0.29) is 17.1 Å². The van der Waals surface area contributed by atoms with Crippen molar-refractivity contribution in [2.75, 3.05) is 0 Å². The molecule has 0 spiro atoms. The summed E-state index contributed by atoms with van der Waals surface area (Å²) in [5.74, 6) is -0.128. The van der Waals surface area contributed by atoms with E-state index in [1.54, 1.807) is 18.2 Å². The molecule has 96 valence electrons. The number of rotatable bonds is 3. The molecule has 0 bridgehead atoms. The number of pyridine rings is 1. The van der Waals surface area contributed by atoms with Crippen molar-refractivity contribution in [3.8, 4) is 5.75 Å². The number of benzene rings is 1. The quantitative estimate of drug-likeness (QED) is 0.407. The molecule has 19 heavy (non-hydrogen) atoms. The highest BCUT2D eigenvalue weighted by atomic mass is 79.9. The molecule has 1 aromatic carbocycles. The Hall–Kier alpha value is -2.28. The molecule has 0 amide bonds. The average molecular weight is 322 g/mol. The molecule has 0 saturated carbocycles. The number of phenols is 1. The van der Waals surface area contributed by atoms with Crippen molar-refractivity contribution < 1.29 is 10.0 Å². The van der Waals surface area contributed by atoms with Crippen LogP contribution in [0.1, 0.15) is 5.69 Å². The Morgan fingerprint density at radius 2 is 2.16 bits per heavy atom. The van der Waals surface area contributed by atoms with E-state index in [0.717, 1.165) is 0 Å². The average Bonchev–Trinajstić information content (AvgIpc) is 2.37. The first-order chi connectivity index (χ1) is 9.06. The van der Waals surface area contributed by atoms with Crippen molar-refractivity contribution in [1.29, 1.82) is 0 Å². The molecular weight excluding hydrogens is 314 g/mol. The minimum Gasteiger partial charge on any atom is -0.506 e. The van der Waals surface area contributed by atoms with E-state index in [2.05, 4.69) is 25.9 Å². The summed E-state index contributed by atoms with van der Waals surface area (Å²) in [5.41, 5.74) is 0.559. The number of aliphatic imine (C=N–C) groups is 1. The molecule has 6 nitrogen and oxygen atoms in total. The topological polar surface area (TPSA) is 88.6 Å². The Morgan fingerprint density at radius 3 is 2.84 bits per heavy atom. The first-order valence-electron chi connectivity index (χ1n) is 5.20. The van der Waals surface area contributed by atoms with E-state index in [0.29, 0.717) is 10.3 Å². The minimum absolute atomic E-state index is 0.121. The fourth-order valence-corrected chi connectivity index (χ4v) is 1.72. The summed E-state index contributed by atoms with van der Waals surface area (Å²) in [4.78, 5) is 18.2. The molecule has 0 atom stereocenters. The molecule has 2 rings (SSSR count). The van der Waals surface area contributed by atoms with Gasteiger partial charge in [0.1, 0.15) is 16.0 Å². The summed E-state index contributed by atoms with van der Waals surface area (Å²) in [7, 11) is 0. The van der Waals surface area contributed by atoms with E-state index in [1.807, 2.05) is 0 Å². The third-order valence-electron chi connectivity index (χ3n) is 2.24. The maximum atomic E-state index is 10.6. The summed E-state index contributed by atoms with van der Waals surface area (Å²) in [6.45, 7) is 0. The van der Waals surface area contributed by atoms with Gasteiger partial charge in [-0.25, -0.2) is 4.98 Å². The Balaban J connectivity index is 2.32. The molecule has 0 fully saturated rings. The largest absolute Gasteiger partial charge is 0.506 e. The van der Waals surface area contributed by atoms with Gasteiger partial charge in [-0.1, -0.05) is 6.07 Å². The number of hydrogen-bond acceptors (Lipinski definition) is 5. The van der Waals surface area contributed by atoms with Gasteiger partial charge in [-0.3, -0.25) is 15.1 Å². The molecular formula is C12H8BrN3O3. The van der Waals surface area contributed by atoms with Gasteiger partial charge in [-0.15, -0.1) is 0 Å². The van der Waals surface area contributed by atoms with Crippen LogP contribution in [0.5, 0.6) is 5.75 Å². The molecule has 1 aromatic heterocycles. The highest BCUT2D eigenvalue weighted by molar-refractivity contribution is 9.10. The number of nitro groups is 1. The van der Waals surface area contributed by atoms with Crippen LogP contribution in [-0.2, 0) is 0 Å². The van der Waals surface area contributed by atoms with Crippen LogP contribution in [-0.4, -0.2) is 21.2 Å². The van der Waals surface area contributed by atoms with E-state index in [1.165, 1.54) is 24.4 Å². The Kier molecular flexibility index (Phi) is 3.86. The molecule has 7 heteroatoms. The first-order valence-corrected chi connectivity index (χ1v) is 5.99. The van der Waals surface area contributed by atoms with Crippen LogP contribution in [0.3, 0.4) is 0 Å². The SMILES string of the molecule is O=[N+]([O-])c1ccc(O)c(/N=C/c2cccc(Br)n2)c1. The number of nitrogens with zero attached hydrogens (tertiary/aromatic N) is 3. The number of hydrogen-bond donors (Lipinski definition) is 1. The molecule has 0 aliphatic rings. The highest BCUT2D eigenvalue weighted by Crippen LogP contribution is 2.30. The fourth-order valence-electron chi connectivity index (χ4n) is 1.36. The number of aromatic nitrogens is 1. The smallest absolute Gasteiger partial charge is 0.271 e. The third-order valence-corrected chi connectivity index (χ3v) is 2.68. The summed E-state index contributed by atoms with van der Waals surface area (Å²) in [6.07, 6.45) is 1.42. The van der Waals surface area contributed by atoms with Gasteiger partial charge >= 0.3 is 0 Å². The first kappa shape index (κ1) is 13.2. The van der Waals surface area contributed by atoms with Crippen molar-refractivity contribution in [2.24, 2.45) is 4.99 Å². The molecule has 0 unspecified atom stereocenters. The van der Waals surface area contributed by atoms with Gasteiger partial charge in [0.15, 0.2) is 0 Å². The van der Waals surface area contributed by atoms with Gasteiger partial charge in [0, 0.05) is 12.1 Å². The monoisotopic (exact) mass is 321 g/mol. The van der Waals surface area contributed by atoms with E-state index >= 15 is 0 Å². The Labute approximate surface area is 116 Å². The summed E-state index contributed by atoms with van der Waals surface area (Å²) >= 11 is 3.22. The van der Waals surface area contributed by atoms with Crippen LogP contribution < -0.4 is 0 Å². The van der Waals surface area contributed by atoms with Crippen molar-refractivity contribution in [1.82, 2.24) is 4.98 Å².